The smallest absolute Gasteiger partial charge is 0.314 e. The van der Waals surface area contributed by atoms with Gasteiger partial charge in [-0.25, -0.2) is 0 Å². The second-order valence-electron chi connectivity index (χ2n) is 4.42. The van der Waals surface area contributed by atoms with Crippen molar-refractivity contribution in [2.75, 3.05) is 34.6 Å². The minimum atomic E-state index is -0.760. The van der Waals surface area contributed by atoms with Crippen LogP contribution in [0, 0.1) is 0 Å². The molecule has 122 valence electrons. The quantitative estimate of drug-likeness (QED) is 0.764. The number of rotatable bonds is 7. The molecule has 1 rings (SSSR count). The van der Waals surface area contributed by atoms with Crippen LogP contribution in [0.4, 0.5) is 0 Å². The number of carbonyl (C=O) groups is 2. The molecular weight excluding hydrogens is 306 g/mol. The first-order chi connectivity index (χ1) is 10.5. The first-order valence-corrected chi connectivity index (χ1v) is 7.86. The van der Waals surface area contributed by atoms with Gasteiger partial charge < -0.3 is 19.5 Å². The molecule has 1 N–H and O–H groups in total. The van der Waals surface area contributed by atoms with E-state index in [-0.39, 0.29) is 5.91 Å². The average Bonchev–Trinajstić information content (AvgIpc) is 2.57. The molecule has 0 aromatic heterocycles. The second-order valence-corrected chi connectivity index (χ2v) is 5.40. The number of carbonyl (C=O) groups excluding carboxylic acids is 2. The molecule has 6 nitrogen and oxygen atoms in total. The molecule has 0 saturated heterocycles. The molecule has 1 aromatic rings. The van der Waals surface area contributed by atoms with Crippen LogP contribution < -0.4 is 14.8 Å². The molecule has 22 heavy (non-hydrogen) atoms. The molecule has 1 amide bonds. The number of benzene rings is 1. The lowest BCUT2D eigenvalue weighted by molar-refractivity contribution is -0.143. The molecule has 0 unspecified atom stereocenters. The van der Waals surface area contributed by atoms with Gasteiger partial charge >= 0.3 is 5.97 Å². The van der Waals surface area contributed by atoms with Crippen molar-refractivity contribution in [2.45, 2.75) is 11.2 Å². The van der Waals surface area contributed by atoms with Crippen molar-refractivity contribution in [1.82, 2.24) is 5.32 Å². The van der Waals surface area contributed by atoms with Gasteiger partial charge in [0.25, 0.3) is 0 Å². The van der Waals surface area contributed by atoms with Gasteiger partial charge in [0, 0.05) is 13.1 Å². The van der Waals surface area contributed by atoms with E-state index < -0.39 is 17.1 Å². The van der Waals surface area contributed by atoms with Gasteiger partial charge in [0.2, 0.25) is 5.91 Å². The highest BCUT2D eigenvalue weighted by atomic mass is 32.2. The highest BCUT2D eigenvalue weighted by Crippen LogP contribution is 2.34. The van der Waals surface area contributed by atoms with E-state index in [4.69, 9.17) is 14.2 Å². The van der Waals surface area contributed by atoms with Crippen molar-refractivity contribution in [1.29, 1.82) is 0 Å². The Morgan fingerprint density at radius 2 is 1.64 bits per heavy atom. The molecule has 0 aliphatic carbocycles. The van der Waals surface area contributed by atoms with E-state index in [0.717, 1.165) is 0 Å². The van der Waals surface area contributed by atoms with Gasteiger partial charge in [-0.05, 0) is 24.0 Å². The molecule has 0 heterocycles. The first-order valence-electron chi connectivity index (χ1n) is 6.57. The van der Waals surface area contributed by atoms with E-state index in [1.807, 2.05) is 0 Å². The van der Waals surface area contributed by atoms with E-state index in [1.54, 1.807) is 24.5 Å². The van der Waals surface area contributed by atoms with Crippen LogP contribution in [0.25, 0.3) is 0 Å². The number of methoxy groups -OCH3 is 3. The SMILES string of the molecule is CNC(=O)[C@@H](SC)[C@@H](C(=O)OC)c1cc(OC)cc(OC)c1. The standard InChI is InChI=1S/C15H21NO5S/c1-16-14(17)13(22-5)12(15(18)21-4)9-6-10(19-2)8-11(7-9)20-3/h6-8,12-13H,1-5H3,(H,16,17)/t12-,13-/m0/s1. The monoisotopic (exact) mass is 327 g/mol. The number of nitrogens with one attached hydrogen (secondary N) is 1. The number of thioether (sulfide) groups is 1. The average molecular weight is 327 g/mol. The van der Waals surface area contributed by atoms with Gasteiger partial charge in [0.05, 0.1) is 21.3 Å². The zero-order valence-corrected chi connectivity index (χ0v) is 14.2. The van der Waals surface area contributed by atoms with Gasteiger partial charge in [-0.1, -0.05) is 0 Å². The second kappa shape index (κ2) is 8.53. The first kappa shape index (κ1) is 18.2. The van der Waals surface area contributed by atoms with Gasteiger partial charge in [-0.2, -0.15) is 11.8 Å². The Balaban J connectivity index is 3.38. The third-order valence-corrected chi connectivity index (χ3v) is 4.24. The Labute approximate surface area is 134 Å². The van der Waals surface area contributed by atoms with Crippen molar-refractivity contribution in [3.8, 4) is 11.5 Å². The van der Waals surface area contributed by atoms with Crippen LogP contribution in [0.3, 0.4) is 0 Å². The van der Waals surface area contributed by atoms with E-state index in [1.165, 1.54) is 40.1 Å². The number of ether oxygens (including phenoxy) is 3. The number of esters is 1. The summed E-state index contributed by atoms with van der Waals surface area (Å²) in [6, 6.07) is 5.11. The lowest BCUT2D eigenvalue weighted by Crippen LogP contribution is -2.37. The maximum atomic E-state index is 12.2. The fraction of sp³-hybridized carbons (Fsp3) is 0.467. The summed E-state index contributed by atoms with van der Waals surface area (Å²) in [5.74, 6) is -0.410. The summed E-state index contributed by atoms with van der Waals surface area (Å²) >= 11 is 1.28. The van der Waals surface area contributed by atoms with Crippen molar-refractivity contribution < 1.29 is 23.8 Å². The molecule has 0 spiro atoms. The largest absolute Gasteiger partial charge is 0.497 e. The van der Waals surface area contributed by atoms with Crippen LogP contribution in [0.5, 0.6) is 11.5 Å². The summed E-state index contributed by atoms with van der Waals surface area (Å²) in [4.78, 5) is 24.3. The number of hydrogen-bond donors (Lipinski definition) is 1. The van der Waals surface area contributed by atoms with E-state index in [9.17, 15) is 9.59 Å². The Bertz CT molecular complexity index is 512. The third-order valence-electron chi connectivity index (χ3n) is 3.25. The Morgan fingerprint density at radius 1 is 1.09 bits per heavy atom. The third kappa shape index (κ3) is 4.07. The van der Waals surface area contributed by atoms with E-state index >= 15 is 0 Å². The molecule has 0 saturated carbocycles. The van der Waals surface area contributed by atoms with Crippen LogP contribution in [-0.2, 0) is 14.3 Å². The molecular formula is C15H21NO5S. The topological polar surface area (TPSA) is 73.9 Å². The number of amides is 1. The van der Waals surface area contributed by atoms with Crippen LogP contribution >= 0.6 is 11.8 Å². The van der Waals surface area contributed by atoms with E-state index in [0.29, 0.717) is 17.1 Å². The molecule has 1 aromatic carbocycles. The maximum absolute atomic E-state index is 12.2. The van der Waals surface area contributed by atoms with Crippen LogP contribution in [0.1, 0.15) is 11.5 Å². The Hall–Kier alpha value is -1.89. The summed E-state index contributed by atoms with van der Waals surface area (Å²) in [5, 5.41) is 1.96. The Kier molecular flexibility index (Phi) is 7.04. The Morgan fingerprint density at radius 3 is 2.00 bits per heavy atom. The van der Waals surface area contributed by atoms with Crippen molar-refractivity contribution in [2.24, 2.45) is 0 Å². The van der Waals surface area contributed by atoms with Gasteiger partial charge in [-0.3, -0.25) is 9.59 Å². The molecule has 0 aliphatic heterocycles. The summed E-state index contributed by atoms with van der Waals surface area (Å²) in [6.07, 6.45) is 1.77. The number of hydrogen-bond acceptors (Lipinski definition) is 6. The summed E-state index contributed by atoms with van der Waals surface area (Å²) < 4.78 is 15.3. The highest BCUT2D eigenvalue weighted by Gasteiger charge is 2.35. The van der Waals surface area contributed by atoms with Gasteiger partial charge in [0.1, 0.15) is 22.7 Å². The maximum Gasteiger partial charge on any atom is 0.314 e. The van der Waals surface area contributed by atoms with Crippen LogP contribution in [-0.4, -0.2) is 51.8 Å². The molecule has 0 bridgehead atoms. The molecule has 0 radical (unpaired) electrons. The normalized spacial score (nSPS) is 13.0. The van der Waals surface area contributed by atoms with Gasteiger partial charge in [-0.15, -0.1) is 0 Å². The van der Waals surface area contributed by atoms with Crippen molar-refractivity contribution >= 4 is 23.6 Å². The minimum Gasteiger partial charge on any atom is -0.497 e. The van der Waals surface area contributed by atoms with E-state index in [2.05, 4.69) is 5.32 Å². The molecule has 0 fully saturated rings. The lowest BCUT2D eigenvalue weighted by Gasteiger charge is -2.23. The summed E-state index contributed by atoms with van der Waals surface area (Å²) in [6.45, 7) is 0. The van der Waals surface area contributed by atoms with Crippen LogP contribution in [0.15, 0.2) is 18.2 Å². The predicted molar refractivity (Wildman–Crippen MR) is 85.7 cm³/mol. The highest BCUT2D eigenvalue weighted by molar-refractivity contribution is 8.00. The zero-order chi connectivity index (χ0) is 16.7. The van der Waals surface area contributed by atoms with Crippen LogP contribution in [0.2, 0.25) is 0 Å². The minimum absolute atomic E-state index is 0.246. The van der Waals surface area contributed by atoms with Crippen molar-refractivity contribution in [3.05, 3.63) is 23.8 Å². The fourth-order valence-electron chi connectivity index (χ4n) is 2.11. The molecule has 7 heteroatoms. The fourth-order valence-corrected chi connectivity index (χ4v) is 2.98. The zero-order valence-electron chi connectivity index (χ0n) is 13.3. The molecule has 2 atom stereocenters. The van der Waals surface area contributed by atoms with Crippen molar-refractivity contribution in [3.63, 3.8) is 0 Å². The summed E-state index contributed by atoms with van der Waals surface area (Å²) in [7, 11) is 5.88. The lowest BCUT2D eigenvalue weighted by atomic mass is 9.94. The van der Waals surface area contributed by atoms with Gasteiger partial charge in [0.15, 0.2) is 0 Å². The molecule has 0 aliphatic rings. The summed E-state index contributed by atoms with van der Waals surface area (Å²) in [5.41, 5.74) is 0.603. The predicted octanol–water partition coefficient (Wildman–Crippen LogP) is 1.44.